The fourth-order valence-electron chi connectivity index (χ4n) is 2.77. The van der Waals surface area contributed by atoms with Crippen molar-refractivity contribution in [2.75, 3.05) is 0 Å². The zero-order valence-electron chi connectivity index (χ0n) is 15.1. The van der Waals surface area contributed by atoms with Crippen molar-refractivity contribution in [2.45, 2.75) is 32.5 Å². The first-order valence-corrected chi connectivity index (χ1v) is 8.54. The second-order valence-corrected chi connectivity index (χ2v) is 7.44. The zero-order valence-corrected chi connectivity index (χ0v) is 15.8. The molecule has 0 bridgehead atoms. The third kappa shape index (κ3) is 3.82. The molecule has 2 heterocycles. The largest absolute Gasteiger partial charge is 0.443 e. The number of carbonyl (C=O) groups excluding carboxylic acids is 1. The highest BCUT2D eigenvalue weighted by atomic mass is 35.5. The molecule has 1 aromatic carbocycles. The van der Waals surface area contributed by atoms with Crippen LogP contribution in [0.1, 0.15) is 26.3 Å². The number of benzene rings is 1. The van der Waals surface area contributed by atoms with E-state index in [2.05, 4.69) is 4.98 Å². The quantitative estimate of drug-likeness (QED) is 0.347. The number of ether oxygens (including phenoxy) is 1. The molecule has 4 nitrogen and oxygen atoms in total. The van der Waals surface area contributed by atoms with Gasteiger partial charge in [0.2, 0.25) is 0 Å². The van der Waals surface area contributed by atoms with Crippen LogP contribution in [0.3, 0.4) is 0 Å². The van der Waals surface area contributed by atoms with Crippen molar-refractivity contribution in [2.24, 2.45) is 0 Å². The minimum Gasteiger partial charge on any atom is -0.443 e. The third-order valence-electron chi connectivity index (χ3n) is 3.77. The van der Waals surface area contributed by atoms with E-state index in [0.29, 0.717) is 11.5 Å². The zero-order chi connectivity index (χ0) is 20.9. The number of hydrogen-bond acceptors (Lipinski definition) is 3. The Hall–Kier alpha value is -2.61. The van der Waals surface area contributed by atoms with Gasteiger partial charge in [-0.25, -0.2) is 18.7 Å². The number of pyridine rings is 1. The van der Waals surface area contributed by atoms with Crippen LogP contribution in [0.4, 0.5) is 22.4 Å². The Morgan fingerprint density at radius 1 is 1.14 bits per heavy atom. The van der Waals surface area contributed by atoms with E-state index in [0.717, 1.165) is 16.7 Å². The summed E-state index contributed by atoms with van der Waals surface area (Å²) in [5.74, 6) is -1.45. The first-order chi connectivity index (χ1) is 12.9. The van der Waals surface area contributed by atoms with Crippen LogP contribution in [-0.4, -0.2) is 21.2 Å². The first kappa shape index (κ1) is 20.1. The van der Waals surface area contributed by atoms with Crippen LogP contribution in [0.15, 0.2) is 36.4 Å². The topological polar surface area (TPSA) is 44.1 Å². The summed E-state index contributed by atoms with van der Waals surface area (Å²) >= 11 is 5.90. The lowest BCUT2D eigenvalue weighted by molar-refractivity contribution is -0.139. The Balaban J connectivity index is 2.36. The van der Waals surface area contributed by atoms with E-state index >= 15 is 0 Å². The lowest BCUT2D eigenvalue weighted by Crippen LogP contribution is -2.27. The second kappa shape index (κ2) is 6.77. The highest BCUT2D eigenvalue weighted by Crippen LogP contribution is 2.40. The van der Waals surface area contributed by atoms with Crippen LogP contribution in [0.25, 0.3) is 22.3 Å². The van der Waals surface area contributed by atoms with Crippen molar-refractivity contribution in [3.05, 3.63) is 52.9 Å². The average Bonchev–Trinajstić information content (AvgIpc) is 2.90. The predicted molar refractivity (Wildman–Crippen MR) is 96.8 cm³/mol. The van der Waals surface area contributed by atoms with E-state index < -0.39 is 34.8 Å². The molecule has 9 heteroatoms. The molecule has 0 saturated carbocycles. The maximum atomic E-state index is 14.1. The van der Waals surface area contributed by atoms with E-state index in [1.54, 1.807) is 20.8 Å². The molecular formula is C19H15ClF4N2O2. The van der Waals surface area contributed by atoms with Crippen LogP contribution in [0, 0.1) is 5.82 Å². The van der Waals surface area contributed by atoms with Crippen LogP contribution < -0.4 is 0 Å². The van der Waals surface area contributed by atoms with Gasteiger partial charge in [-0.3, -0.25) is 0 Å². The van der Waals surface area contributed by atoms with Crippen molar-refractivity contribution < 1.29 is 27.1 Å². The number of rotatable bonds is 1. The number of aromatic nitrogens is 2. The lowest BCUT2D eigenvalue weighted by atomic mass is 10.0. The summed E-state index contributed by atoms with van der Waals surface area (Å²) in [4.78, 5) is 16.8. The summed E-state index contributed by atoms with van der Waals surface area (Å²) in [6.07, 6.45) is -5.93. The van der Waals surface area contributed by atoms with E-state index in [9.17, 15) is 22.4 Å². The molecule has 0 atom stereocenters. The first-order valence-electron chi connectivity index (χ1n) is 8.16. The fraction of sp³-hybridized carbons (Fsp3) is 0.263. The molecule has 0 fully saturated rings. The highest BCUT2D eigenvalue weighted by molar-refractivity contribution is 6.29. The Morgan fingerprint density at radius 2 is 1.82 bits per heavy atom. The molecule has 0 radical (unpaired) electrons. The summed E-state index contributed by atoms with van der Waals surface area (Å²) in [5.41, 5.74) is -3.10. The summed E-state index contributed by atoms with van der Waals surface area (Å²) in [6.45, 7) is 4.83. The maximum Gasteiger partial charge on any atom is 0.420 e. The molecule has 0 amide bonds. The number of hydrogen-bond donors (Lipinski definition) is 0. The van der Waals surface area contributed by atoms with Gasteiger partial charge in [0.15, 0.2) is 5.65 Å². The van der Waals surface area contributed by atoms with E-state index in [1.165, 1.54) is 18.2 Å². The molecule has 3 rings (SSSR count). The molecular weight excluding hydrogens is 400 g/mol. The Labute approximate surface area is 162 Å². The van der Waals surface area contributed by atoms with E-state index in [4.69, 9.17) is 16.3 Å². The standard InChI is InChI=1S/C19H15ClF4N2O2/c1-18(2,3)28-17(27)26-13(9-10-7-8-14(20)25-16(10)26)11-5-4-6-12(21)15(11)19(22,23)24/h4-9H,1-3H3. The minimum absolute atomic E-state index is 0.00846. The fourth-order valence-corrected chi connectivity index (χ4v) is 2.91. The molecule has 0 unspecified atom stereocenters. The summed E-state index contributed by atoms with van der Waals surface area (Å²) in [6, 6.07) is 7.18. The van der Waals surface area contributed by atoms with Gasteiger partial charge >= 0.3 is 12.3 Å². The predicted octanol–water partition coefficient (Wildman–Crippen LogP) is 6.30. The molecule has 0 saturated heterocycles. The van der Waals surface area contributed by atoms with Crippen molar-refractivity contribution in [3.8, 4) is 11.3 Å². The average molecular weight is 415 g/mol. The summed E-state index contributed by atoms with van der Waals surface area (Å²) < 4.78 is 60.8. The highest BCUT2D eigenvalue weighted by Gasteiger charge is 2.38. The minimum atomic E-state index is -4.97. The SMILES string of the molecule is CC(C)(C)OC(=O)n1c(-c2cccc(F)c2C(F)(F)F)cc2ccc(Cl)nc21. The lowest BCUT2D eigenvalue weighted by Gasteiger charge is -2.21. The number of carbonyl (C=O) groups is 1. The van der Waals surface area contributed by atoms with E-state index in [1.807, 2.05) is 0 Å². The smallest absolute Gasteiger partial charge is 0.420 e. The van der Waals surface area contributed by atoms with Gasteiger partial charge in [-0.05, 0) is 45.0 Å². The van der Waals surface area contributed by atoms with Crippen LogP contribution in [0.5, 0.6) is 0 Å². The monoisotopic (exact) mass is 414 g/mol. The van der Waals surface area contributed by atoms with Gasteiger partial charge in [-0.1, -0.05) is 23.7 Å². The molecule has 0 aliphatic carbocycles. The molecule has 3 aromatic rings. The van der Waals surface area contributed by atoms with Crippen LogP contribution >= 0.6 is 11.6 Å². The number of halogens is 5. The molecule has 2 aromatic heterocycles. The summed E-state index contributed by atoms with van der Waals surface area (Å²) in [7, 11) is 0. The number of fused-ring (bicyclic) bond motifs is 1. The Morgan fingerprint density at radius 3 is 2.43 bits per heavy atom. The van der Waals surface area contributed by atoms with Crippen molar-refractivity contribution in [1.82, 2.24) is 9.55 Å². The Bertz CT molecular complexity index is 1070. The van der Waals surface area contributed by atoms with Gasteiger partial charge < -0.3 is 4.74 Å². The van der Waals surface area contributed by atoms with Gasteiger partial charge in [0, 0.05) is 10.9 Å². The molecule has 28 heavy (non-hydrogen) atoms. The molecule has 0 aliphatic heterocycles. The van der Waals surface area contributed by atoms with Gasteiger partial charge in [-0.2, -0.15) is 13.2 Å². The molecule has 0 aliphatic rings. The second-order valence-electron chi connectivity index (χ2n) is 7.05. The number of alkyl halides is 3. The van der Waals surface area contributed by atoms with Gasteiger partial charge in [0.25, 0.3) is 0 Å². The van der Waals surface area contributed by atoms with Gasteiger partial charge in [-0.15, -0.1) is 0 Å². The van der Waals surface area contributed by atoms with Crippen molar-refractivity contribution >= 4 is 28.7 Å². The van der Waals surface area contributed by atoms with Crippen molar-refractivity contribution in [1.29, 1.82) is 0 Å². The molecule has 0 spiro atoms. The van der Waals surface area contributed by atoms with Crippen LogP contribution in [0.2, 0.25) is 5.15 Å². The number of nitrogens with zero attached hydrogens (tertiary/aromatic N) is 2. The van der Waals surface area contributed by atoms with E-state index in [-0.39, 0.29) is 16.5 Å². The normalized spacial score (nSPS) is 12.4. The maximum absolute atomic E-state index is 14.1. The van der Waals surface area contributed by atoms with Crippen molar-refractivity contribution in [3.63, 3.8) is 0 Å². The third-order valence-corrected chi connectivity index (χ3v) is 3.98. The van der Waals surface area contributed by atoms with Gasteiger partial charge in [0.1, 0.15) is 22.1 Å². The van der Waals surface area contributed by atoms with Crippen LogP contribution in [-0.2, 0) is 10.9 Å². The molecule has 0 N–H and O–H groups in total. The Kier molecular flexibility index (Phi) is 4.87. The van der Waals surface area contributed by atoms with Gasteiger partial charge in [0.05, 0.1) is 5.69 Å². The summed E-state index contributed by atoms with van der Waals surface area (Å²) in [5, 5.41) is 0.389. The molecule has 148 valence electrons.